The molecule has 0 aromatic heterocycles. The van der Waals surface area contributed by atoms with E-state index in [9.17, 15) is 22.8 Å². The fourth-order valence-electron chi connectivity index (χ4n) is 3.37. The first-order chi connectivity index (χ1) is 17.8. The Labute approximate surface area is 226 Å². The van der Waals surface area contributed by atoms with Gasteiger partial charge in [-0.2, -0.15) is 0 Å². The van der Waals surface area contributed by atoms with Crippen molar-refractivity contribution in [2.75, 3.05) is 16.4 Å². The van der Waals surface area contributed by atoms with Crippen LogP contribution in [0.1, 0.15) is 51.8 Å². The second kappa shape index (κ2) is 11.5. The van der Waals surface area contributed by atoms with Crippen LogP contribution in [0.5, 0.6) is 0 Å². The van der Waals surface area contributed by atoms with Crippen molar-refractivity contribution in [3.63, 3.8) is 0 Å². The van der Waals surface area contributed by atoms with Gasteiger partial charge in [0.2, 0.25) is 10.0 Å². The molecular formula is C26H28ClN5O5S. The van der Waals surface area contributed by atoms with Crippen LogP contribution in [0.2, 0.25) is 5.02 Å². The van der Waals surface area contributed by atoms with Gasteiger partial charge in [-0.25, -0.2) is 13.4 Å². The Morgan fingerprint density at radius 3 is 2.00 bits per heavy atom. The highest BCUT2D eigenvalue weighted by Crippen LogP contribution is 2.26. The van der Waals surface area contributed by atoms with Gasteiger partial charge in [-0.1, -0.05) is 48.0 Å². The van der Waals surface area contributed by atoms with Gasteiger partial charge in [0.05, 0.1) is 44.9 Å². The summed E-state index contributed by atoms with van der Waals surface area (Å²) < 4.78 is 25.8. The SMILES string of the molecule is CC(C)(C)N(NC(=O)c1ccccc1NS(C)(=O)=O)C(=O)c1cccc(C(=O)NNc2ccccc2)c1Cl. The molecule has 0 aliphatic rings. The number of anilines is 2. The Kier molecular flexibility index (Phi) is 8.64. The molecule has 0 saturated heterocycles. The zero-order valence-corrected chi connectivity index (χ0v) is 22.8. The maximum atomic E-state index is 13.6. The molecule has 200 valence electrons. The summed E-state index contributed by atoms with van der Waals surface area (Å²) in [7, 11) is -3.66. The van der Waals surface area contributed by atoms with Gasteiger partial charge in [-0.05, 0) is 57.2 Å². The molecule has 0 unspecified atom stereocenters. The topological polar surface area (TPSA) is 137 Å². The molecule has 10 nitrogen and oxygen atoms in total. The first-order valence-electron chi connectivity index (χ1n) is 11.4. The fraction of sp³-hybridized carbons (Fsp3) is 0.192. The van der Waals surface area contributed by atoms with E-state index in [0.29, 0.717) is 5.69 Å². The fourth-order valence-corrected chi connectivity index (χ4v) is 4.24. The van der Waals surface area contributed by atoms with Gasteiger partial charge in [0.25, 0.3) is 17.7 Å². The number of rotatable bonds is 7. The maximum absolute atomic E-state index is 13.6. The Balaban J connectivity index is 1.87. The molecule has 0 heterocycles. The molecule has 0 spiro atoms. The van der Waals surface area contributed by atoms with Crippen molar-refractivity contribution in [3.05, 3.63) is 94.5 Å². The van der Waals surface area contributed by atoms with Crippen LogP contribution in [0.3, 0.4) is 0 Å². The van der Waals surface area contributed by atoms with E-state index < -0.39 is 33.3 Å². The monoisotopic (exact) mass is 557 g/mol. The van der Waals surface area contributed by atoms with E-state index >= 15 is 0 Å². The summed E-state index contributed by atoms with van der Waals surface area (Å²) in [5, 5.41) is 0.977. The lowest BCUT2D eigenvalue weighted by molar-refractivity contribution is 0.0359. The third-order valence-electron chi connectivity index (χ3n) is 5.12. The zero-order valence-electron chi connectivity index (χ0n) is 21.2. The van der Waals surface area contributed by atoms with Crippen LogP contribution in [0.4, 0.5) is 11.4 Å². The van der Waals surface area contributed by atoms with Gasteiger partial charge in [0, 0.05) is 0 Å². The average Bonchev–Trinajstić information content (AvgIpc) is 2.84. The van der Waals surface area contributed by atoms with E-state index in [0.717, 1.165) is 11.3 Å². The van der Waals surface area contributed by atoms with E-state index in [1.807, 2.05) is 6.07 Å². The van der Waals surface area contributed by atoms with Crippen LogP contribution in [0.25, 0.3) is 0 Å². The molecule has 3 aromatic carbocycles. The van der Waals surface area contributed by atoms with Crippen LogP contribution in [0.15, 0.2) is 72.8 Å². The van der Waals surface area contributed by atoms with Crippen molar-refractivity contribution >= 4 is 50.7 Å². The van der Waals surface area contributed by atoms with Crippen molar-refractivity contribution < 1.29 is 22.8 Å². The Morgan fingerprint density at radius 1 is 0.789 bits per heavy atom. The number of nitrogens with zero attached hydrogens (tertiary/aromatic N) is 1. The molecule has 0 bridgehead atoms. The quantitative estimate of drug-likeness (QED) is 0.323. The Bertz CT molecular complexity index is 1460. The number of hydrogen-bond donors (Lipinski definition) is 4. The molecule has 3 aromatic rings. The molecule has 38 heavy (non-hydrogen) atoms. The average molecular weight is 558 g/mol. The van der Waals surface area contributed by atoms with E-state index in [2.05, 4.69) is 21.0 Å². The van der Waals surface area contributed by atoms with Crippen molar-refractivity contribution in [3.8, 4) is 0 Å². The highest BCUT2D eigenvalue weighted by atomic mass is 35.5. The van der Waals surface area contributed by atoms with Gasteiger partial charge in [0.15, 0.2) is 0 Å². The number of nitrogens with one attached hydrogen (secondary N) is 4. The van der Waals surface area contributed by atoms with Crippen molar-refractivity contribution in [1.82, 2.24) is 15.9 Å². The normalized spacial score (nSPS) is 11.3. The minimum Gasteiger partial charge on any atom is -0.298 e. The van der Waals surface area contributed by atoms with Crippen molar-refractivity contribution in [1.29, 1.82) is 0 Å². The molecule has 0 atom stereocenters. The van der Waals surface area contributed by atoms with Crippen molar-refractivity contribution in [2.24, 2.45) is 0 Å². The molecular weight excluding hydrogens is 530 g/mol. The lowest BCUT2D eigenvalue weighted by atomic mass is 10.0. The molecule has 0 aliphatic carbocycles. The van der Waals surface area contributed by atoms with Crippen LogP contribution in [-0.4, -0.2) is 42.9 Å². The third-order valence-corrected chi connectivity index (χ3v) is 6.12. The minimum absolute atomic E-state index is 0.00573. The molecule has 4 N–H and O–H groups in total. The standard InChI is InChI=1S/C26H28ClN5O5S/c1-26(2,3)32(30-24(34)18-13-8-9-16-21(18)31-38(4,36)37)25(35)20-15-10-14-19(22(20)27)23(33)29-28-17-11-6-5-7-12-17/h5-16,28,31H,1-4H3,(H,29,33)(H,30,34). The second-order valence-electron chi connectivity index (χ2n) is 9.28. The maximum Gasteiger partial charge on any atom is 0.274 e. The predicted molar refractivity (Wildman–Crippen MR) is 147 cm³/mol. The summed E-state index contributed by atoms with van der Waals surface area (Å²) in [4.78, 5) is 39.6. The van der Waals surface area contributed by atoms with Gasteiger partial charge >= 0.3 is 0 Å². The summed E-state index contributed by atoms with van der Waals surface area (Å²) in [6, 6.07) is 19.3. The smallest absolute Gasteiger partial charge is 0.274 e. The second-order valence-corrected chi connectivity index (χ2v) is 11.4. The summed E-state index contributed by atoms with van der Waals surface area (Å²) >= 11 is 6.50. The number of hydrogen-bond acceptors (Lipinski definition) is 6. The van der Waals surface area contributed by atoms with E-state index in [1.165, 1.54) is 30.3 Å². The molecule has 0 aliphatic heterocycles. The third kappa shape index (κ3) is 7.24. The van der Waals surface area contributed by atoms with Gasteiger partial charge in [-0.15, -0.1) is 0 Å². The van der Waals surface area contributed by atoms with Crippen LogP contribution < -0.4 is 21.0 Å². The first-order valence-corrected chi connectivity index (χ1v) is 13.7. The lowest BCUT2D eigenvalue weighted by Crippen LogP contribution is -2.56. The summed E-state index contributed by atoms with van der Waals surface area (Å²) in [6.07, 6.45) is 0.965. The number of sulfonamides is 1. The van der Waals surface area contributed by atoms with E-state index in [-0.39, 0.29) is 27.4 Å². The molecule has 3 rings (SSSR count). The largest absolute Gasteiger partial charge is 0.298 e. The van der Waals surface area contributed by atoms with E-state index in [1.54, 1.807) is 57.2 Å². The number of amides is 3. The number of hydrazine groups is 2. The zero-order chi connectivity index (χ0) is 28.1. The number of halogens is 1. The molecule has 3 amide bonds. The van der Waals surface area contributed by atoms with Crippen LogP contribution >= 0.6 is 11.6 Å². The number of carbonyl (C=O) groups is 3. The highest BCUT2D eigenvalue weighted by molar-refractivity contribution is 7.92. The molecule has 12 heteroatoms. The van der Waals surface area contributed by atoms with Gasteiger partial charge < -0.3 is 0 Å². The summed E-state index contributed by atoms with van der Waals surface area (Å²) in [5.41, 5.74) is 7.67. The molecule has 0 radical (unpaired) electrons. The number of para-hydroxylation sites is 2. The summed E-state index contributed by atoms with van der Waals surface area (Å²) in [6.45, 7) is 5.08. The minimum atomic E-state index is -3.66. The molecule has 0 saturated carbocycles. The lowest BCUT2D eigenvalue weighted by Gasteiger charge is -2.36. The van der Waals surface area contributed by atoms with Crippen LogP contribution in [-0.2, 0) is 10.0 Å². The highest BCUT2D eigenvalue weighted by Gasteiger charge is 2.32. The Morgan fingerprint density at radius 2 is 1.37 bits per heavy atom. The number of benzene rings is 3. The van der Waals surface area contributed by atoms with Gasteiger partial charge in [-0.3, -0.25) is 35.4 Å². The van der Waals surface area contributed by atoms with Crippen LogP contribution in [0, 0.1) is 0 Å². The molecule has 0 fully saturated rings. The number of carbonyl (C=O) groups excluding carboxylic acids is 3. The van der Waals surface area contributed by atoms with Crippen molar-refractivity contribution in [2.45, 2.75) is 26.3 Å². The predicted octanol–water partition coefficient (Wildman–Crippen LogP) is 4.05. The summed E-state index contributed by atoms with van der Waals surface area (Å²) in [5.74, 6) is -1.96. The van der Waals surface area contributed by atoms with E-state index in [4.69, 9.17) is 11.6 Å². The van der Waals surface area contributed by atoms with Gasteiger partial charge in [0.1, 0.15) is 0 Å². The first kappa shape index (κ1) is 28.5. The Hall–Kier alpha value is -4.09.